The molecule has 0 atom stereocenters. The molecule has 0 unspecified atom stereocenters. The highest BCUT2D eigenvalue weighted by atomic mass is 16.1. The maximum Gasteiger partial charge on any atom is 0.263 e. The summed E-state index contributed by atoms with van der Waals surface area (Å²) in [5, 5.41) is 0.573. The van der Waals surface area contributed by atoms with Crippen molar-refractivity contribution in [2.75, 3.05) is 0 Å². The molecule has 2 aromatic rings. The third-order valence-electron chi connectivity index (χ3n) is 2.11. The van der Waals surface area contributed by atoms with Crippen LogP contribution in [0.2, 0.25) is 0 Å². The minimum Gasteiger partial charge on any atom is -0.296 e. The molecule has 0 aliphatic carbocycles. The molecule has 4 heteroatoms. The molecule has 72 valence electrons. The van der Waals surface area contributed by atoms with Gasteiger partial charge in [-0.05, 0) is 26.0 Å². The highest BCUT2D eigenvalue weighted by Gasteiger charge is 2.05. The van der Waals surface area contributed by atoms with E-state index in [2.05, 4.69) is 9.97 Å². The molecule has 2 rings (SSSR count). The number of fused-ring (bicyclic) bond motifs is 1. The third kappa shape index (κ3) is 1.28. The maximum absolute atomic E-state index is 11.9. The van der Waals surface area contributed by atoms with Crippen molar-refractivity contribution in [2.45, 2.75) is 19.9 Å². The van der Waals surface area contributed by atoms with Gasteiger partial charge in [-0.15, -0.1) is 0 Å². The second kappa shape index (κ2) is 3.21. The zero-order valence-corrected chi connectivity index (χ0v) is 8.14. The van der Waals surface area contributed by atoms with E-state index in [9.17, 15) is 4.79 Å². The first-order valence-electron chi connectivity index (χ1n) is 4.52. The van der Waals surface area contributed by atoms with Gasteiger partial charge in [0.1, 0.15) is 6.33 Å². The number of hydrogen-bond acceptors (Lipinski definition) is 3. The molecule has 0 N–H and O–H groups in total. The Morgan fingerprint density at radius 2 is 2.14 bits per heavy atom. The molecule has 0 saturated heterocycles. The monoisotopic (exact) mass is 189 g/mol. The van der Waals surface area contributed by atoms with E-state index in [1.807, 2.05) is 13.8 Å². The Morgan fingerprint density at radius 3 is 2.86 bits per heavy atom. The van der Waals surface area contributed by atoms with Gasteiger partial charge in [0.25, 0.3) is 5.56 Å². The Kier molecular flexibility index (Phi) is 2.04. The van der Waals surface area contributed by atoms with Crippen LogP contribution in [0.5, 0.6) is 0 Å². The summed E-state index contributed by atoms with van der Waals surface area (Å²) in [4.78, 5) is 20.0. The molecule has 2 heterocycles. The molecule has 0 radical (unpaired) electrons. The molecule has 0 fully saturated rings. The molecule has 0 saturated carbocycles. The Hall–Kier alpha value is -1.71. The quantitative estimate of drug-likeness (QED) is 0.680. The summed E-state index contributed by atoms with van der Waals surface area (Å²) in [7, 11) is 0. The largest absolute Gasteiger partial charge is 0.296 e. The molecule has 0 spiro atoms. The van der Waals surface area contributed by atoms with Crippen LogP contribution in [0.3, 0.4) is 0 Å². The number of rotatable bonds is 1. The van der Waals surface area contributed by atoms with Gasteiger partial charge in [-0.25, -0.2) is 9.97 Å². The smallest absolute Gasteiger partial charge is 0.263 e. The van der Waals surface area contributed by atoms with Gasteiger partial charge in [0.2, 0.25) is 0 Å². The average Bonchev–Trinajstić information content (AvgIpc) is 2.18. The number of aromatic nitrogens is 3. The van der Waals surface area contributed by atoms with Gasteiger partial charge in [0.15, 0.2) is 5.65 Å². The minimum absolute atomic E-state index is 0.0295. The van der Waals surface area contributed by atoms with Crippen molar-refractivity contribution in [3.8, 4) is 0 Å². The molecule has 0 bridgehead atoms. The van der Waals surface area contributed by atoms with E-state index < -0.39 is 0 Å². The number of hydrogen-bond donors (Lipinski definition) is 0. The number of pyridine rings is 1. The summed E-state index contributed by atoms with van der Waals surface area (Å²) in [6.45, 7) is 3.90. The van der Waals surface area contributed by atoms with Crippen LogP contribution in [0.25, 0.3) is 11.0 Å². The van der Waals surface area contributed by atoms with Crippen LogP contribution in [0.1, 0.15) is 19.9 Å². The van der Waals surface area contributed by atoms with Crippen LogP contribution in [-0.4, -0.2) is 14.5 Å². The summed E-state index contributed by atoms with van der Waals surface area (Å²) >= 11 is 0. The number of nitrogens with zero attached hydrogens (tertiary/aromatic N) is 3. The Balaban J connectivity index is 2.82. The van der Waals surface area contributed by atoms with Crippen molar-refractivity contribution >= 4 is 11.0 Å². The normalized spacial score (nSPS) is 11.1. The molecule has 2 aromatic heterocycles. The third-order valence-corrected chi connectivity index (χ3v) is 2.11. The summed E-state index contributed by atoms with van der Waals surface area (Å²) in [6, 6.07) is 3.62. The lowest BCUT2D eigenvalue weighted by Crippen LogP contribution is -2.22. The fourth-order valence-corrected chi connectivity index (χ4v) is 1.34. The lowest BCUT2D eigenvalue weighted by molar-refractivity contribution is 0.573. The molecule has 0 aromatic carbocycles. The highest BCUT2D eigenvalue weighted by Crippen LogP contribution is 2.04. The second-order valence-corrected chi connectivity index (χ2v) is 3.43. The fraction of sp³-hybridized carbons (Fsp3) is 0.300. The minimum atomic E-state index is -0.0295. The first-order chi connectivity index (χ1) is 6.70. The molecular weight excluding hydrogens is 178 g/mol. The standard InChI is InChI=1S/C10H11N3O/c1-7(2)13-6-12-9-8(10(13)14)4-3-5-11-9/h3-7H,1-2H3. The Morgan fingerprint density at radius 1 is 1.36 bits per heavy atom. The fourth-order valence-electron chi connectivity index (χ4n) is 1.34. The molecular formula is C10H11N3O. The van der Waals surface area contributed by atoms with Crippen LogP contribution < -0.4 is 5.56 Å². The topological polar surface area (TPSA) is 47.8 Å². The van der Waals surface area contributed by atoms with Crippen molar-refractivity contribution in [1.82, 2.24) is 14.5 Å². The Bertz CT molecular complexity index is 516. The lowest BCUT2D eigenvalue weighted by Gasteiger charge is -2.08. The highest BCUT2D eigenvalue weighted by molar-refractivity contribution is 5.72. The average molecular weight is 189 g/mol. The summed E-state index contributed by atoms with van der Waals surface area (Å²) in [6.07, 6.45) is 3.18. The maximum atomic E-state index is 11.9. The zero-order valence-electron chi connectivity index (χ0n) is 8.14. The van der Waals surface area contributed by atoms with Crippen molar-refractivity contribution in [3.63, 3.8) is 0 Å². The SMILES string of the molecule is CC(C)n1cnc2ncccc2c1=O. The van der Waals surface area contributed by atoms with E-state index in [4.69, 9.17) is 0 Å². The van der Waals surface area contributed by atoms with Gasteiger partial charge in [0.05, 0.1) is 5.39 Å². The second-order valence-electron chi connectivity index (χ2n) is 3.43. The lowest BCUT2D eigenvalue weighted by atomic mass is 10.3. The molecule has 14 heavy (non-hydrogen) atoms. The van der Waals surface area contributed by atoms with Crippen molar-refractivity contribution in [2.24, 2.45) is 0 Å². The molecule has 0 amide bonds. The molecule has 4 nitrogen and oxygen atoms in total. The van der Waals surface area contributed by atoms with Crippen LogP contribution in [0.15, 0.2) is 29.5 Å². The van der Waals surface area contributed by atoms with Crippen LogP contribution in [0.4, 0.5) is 0 Å². The van der Waals surface area contributed by atoms with Crippen molar-refractivity contribution in [1.29, 1.82) is 0 Å². The molecule has 0 aliphatic heterocycles. The van der Waals surface area contributed by atoms with E-state index in [1.54, 1.807) is 29.2 Å². The summed E-state index contributed by atoms with van der Waals surface area (Å²) < 4.78 is 1.60. The van der Waals surface area contributed by atoms with E-state index in [-0.39, 0.29) is 11.6 Å². The molecule has 0 aliphatic rings. The van der Waals surface area contributed by atoms with E-state index in [0.29, 0.717) is 11.0 Å². The first-order valence-corrected chi connectivity index (χ1v) is 4.52. The Labute approximate surface area is 81.2 Å². The van der Waals surface area contributed by atoms with Crippen molar-refractivity contribution in [3.05, 3.63) is 35.0 Å². The van der Waals surface area contributed by atoms with E-state index in [1.165, 1.54) is 0 Å². The van der Waals surface area contributed by atoms with Crippen LogP contribution in [0, 0.1) is 0 Å². The first kappa shape index (κ1) is 8.87. The van der Waals surface area contributed by atoms with Crippen LogP contribution >= 0.6 is 0 Å². The van der Waals surface area contributed by atoms with Gasteiger partial charge >= 0.3 is 0 Å². The van der Waals surface area contributed by atoms with Gasteiger partial charge in [-0.2, -0.15) is 0 Å². The van der Waals surface area contributed by atoms with E-state index in [0.717, 1.165) is 0 Å². The summed E-state index contributed by atoms with van der Waals surface area (Å²) in [5.41, 5.74) is 0.479. The van der Waals surface area contributed by atoms with Gasteiger partial charge < -0.3 is 0 Å². The van der Waals surface area contributed by atoms with Gasteiger partial charge in [-0.1, -0.05) is 0 Å². The zero-order chi connectivity index (χ0) is 10.1. The predicted octanol–water partition coefficient (Wildman–Crippen LogP) is 1.37. The van der Waals surface area contributed by atoms with Crippen molar-refractivity contribution < 1.29 is 0 Å². The summed E-state index contributed by atoms with van der Waals surface area (Å²) in [5.74, 6) is 0. The van der Waals surface area contributed by atoms with Crippen LogP contribution in [-0.2, 0) is 0 Å². The predicted molar refractivity (Wildman–Crippen MR) is 54.2 cm³/mol. The van der Waals surface area contributed by atoms with E-state index >= 15 is 0 Å². The van der Waals surface area contributed by atoms with Gasteiger partial charge in [0, 0.05) is 12.2 Å². The van der Waals surface area contributed by atoms with Gasteiger partial charge in [-0.3, -0.25) is 9.36 Å².